The molecular weight excluding hydrogens is 202 g/mol. The van der Waals surface area contributed by atoms with E-state index in [2.05, 4.69) is 10.4 Å². The first-order valence-electron chi connectivity index (χ1n) is 5.95. The average Bonchev–Trinajstić information content (AvgIpc) is 2.87. The van der Waals surface area contributed by atoms with E-state index in [1.807, 2.05) is 20.2 Å². The molecule has 1 fully saturated rings. The van der Waals surface area contributed by atoms with E-state index in [4.69, 9.17) is 0 Å². The summed E-state index contributed by atoms with van der Waals surface area (Å²) in [6, 6.07) is 0.0572. The van der Waals surface area contributed by atoms with E-state index in [-0.39, 0.29) is 17.9 Å². The molecule has 16 heavy (non-hydrogen) atoms. The number of nitrogens with zero attached hydrogens (tertiary/aromatic N) is 2. The van der Waals surface area contributed by atoms with Crippen molar-refractivity contribution in [2.75, 3.05) is 0 Å². The van der Waals surface area contributed by atoms with Gasteiger partial charge in [0.1, 0.15) is 0 Å². The molecular formula is C12H19N3O. The molecule has 0 aromatic carbocycles. The molecule has 1 aliphatic carbocycles. The standard InChI is InChI=1S/C12H19N3O/c1-9(11-7-13-15(2)8-11)14-12(16)10-5-3-4-6-10/h7-10H,3-6H2,1-2H3,(H,14,16)/t9-/m0/s1. The van der Waals surface area contributed by atoms with Gasteiger partial charge in [-0.15, -0.1) is 0 Å². The van der Waals surface area contributed by atoms with Gasteiger partial charge >= 0.3 is 0 Å². The topological polar surface area (TPSA) is 46.9 Å². The quantitative estimate of drug-likeness (QED) is 0.845. The van der Waals surface area contributed by atoms with Crippen LogP contribution in [0.15, 0.2) is 12.4 Å². The van der Waals surface area contributed by atoms with Crippen LogP contribution in [0.25, 0.3) is 0 Å². The van der Waals surface area contributed by atoms with Gasteiger partial charge in [0, 0.05) is 24.7 Å². The van der Waals surface area contributed by atoms with E-state index in [0.29, 0.717) is 0 Å². The molecule has 1 atom stereocenters. The zero-order valence-electron chi connectivity index (χ0n) is 9.94. The molecule has 0 aliphatic heterocycles. The second-order valence-corrected chi connectivity index (χ2v) is 4.66. The minimum atomic E-state index is 0.0572. The highest BCUT2D eigenvalue weighted by molar-refractivity contribution is 5.79. The predicted octanol–water partition coefficient (Wildman–Crippen LogP) is 1.79. The lowest BCUT2D eigenvalue weighted by atomic mass is 10.1. The van der Waals surface area contributed by atoms with Crippen molar-refractivity contribution in [3.63, 3.8) is 0 Å². The molecule has 0 radical (unpaired) electrons. The third-order valence-electron chi connectivity index (χ3n) is 3.31. The Labute approximate surface area is 96.0 Å². The van der Waals surface area contributed by atoms with Crippen molar-refractivity contribution in [1.29, 1.82) is 0 Å². The van der Waals surface area contributed by atoms with E-state index < -0.39 is 0 Å². The molecule has 1 amide bonds. The van der Waals surface area contributed by atoms with Gasteiger partial charge in [0.25, 0.3) is 0 Å². The first kappa shape index (κ1) is 11.2. The van der Waals surface area contributed by atoms with Crippen molar-refractivity contribution in [2.45, 2.75) is 38.6 Å². The molecule has 0 saturated heterocycles. The van der Waals surface area contributed by atoms with Gasteiger partial charge in [-0.3, -0.25) is 9.48 Å². The maximum atomic E-state index is 11.9. The fourth-order valence-corrected chi connectivity index (χ4v) is 2.27. The molecule has 1 aromatic rings. The van der Waals surface area contributed by atoms with Gasteiger partial charge in [-0.25, -0.2) is 0 Å². The zero-order chi connectivity index (χ0) is 11.5. The van der Waals surface area contributed by atoms with Crippen LogP contribution in [0.2, 0.25) is 0 Å². The highest BCUT2D eigenvalue weighted by Gasteiger charge is 2.24. The van der Waals surface area contributed by atoms with E-state index in [1.54, 1.807) is 10.9 Å². The lowest BCUT2D eigenvalue weighted by Gasteiger charge is -2.15. The molecule has 1 aromatic heterocycles. The lowest BCUT2D eigenvalue weighted by Crippen LogP contribution is -2.31. The van der Waals surface area contributed by atoms with Gasteiger partial charge in [-0.1, -0.05) is 12.8 Å². The molecule has 4 nitrogen and oxygen atoms in total. The maximum absolute atomic E-state index is 11.9. The minimum Gasteiger partial charge on any atom is -0.349 e. The second kappa shape index (κ2) is 4.68. The van der Waals surface area contributed by atoms with Crippen LogP contribution in [0.5, 0.6) is 0 Å². The third kappa shape index (κ3) is 2.43. The van der Waals surface area contributed by atoms with E-state index in [0.717, 1.165) is 18.4 Å². The van der Waals surface area contributed by atoms with E-state index >= 15 is 0 Å². The van der Waals surface area contributed by atoms with Crippen molar-refractivity contribution in [1.82, 2.24) is 15.1 Å². The number of hydrogen-bond donors (Lipinski definition) is 1. The molecule has 0 spiro atoms. The minimum absolute atomic E-state index is 0.0572. The van der Waals surface area contributed by atoms with Crippen LogP contribution in [0.1, 0.15) is 44.2 Å². The highest BCUT2D eigenvalue weighted by atomic mass is 16.1. The Hall–Kier alpha value is -1.32. The Kier molecular flexibility index (Phi) is 3.27. The van der Waals surface area contributed by atoms with Crippen LogP contribution >= 0.6 is 0 Å². The number of rotatable bonds is 3. The Morgan fingerprint density at radius 2 is 2.25 bits per heavy atom. The molecule has 1 saturated carbocycles. The second-order valence-electron chi connectivity index (χ2n) is 4.66. The van der Waals surface area contributed by atoms with Crippen LogP contribution in [-0.2, 0) is 11.8 Å². The SMILES string of the molecule is C[C@H](NC(=O)C1CCCC1)c1cnn(C)c1. The predicted molar refractivity (Wildman–Crippen MR) is 61.7 cm³/mol. The molecule has 0 bridgehead atoms. The van der Waals surface area contributed by atoms with Gasteiger partial charge in [0.2, 0.25) is 5.91 Å². The average molecular weight is 221 g/mol. The molecule has 0 unspecified atom stereocenters. The van der Waals surface area contributed by atoms with Crippen LogP contribution < -0.4 is 5.32 Å². The van der Waals surface area contributed by atoms with Crippen molar-refractivity contribution in [2.24, 2.45) is 13.0 Å². The van der Waals surface area contributed by atoms with Crippen LogP contribution in [0, 0.1) is 5.92 Å². The zero-order valence-corrected chi connectivity index (χ0v) is 9.94. The summed E-state index contributed by atoms with van der Waals surface area (Å²) in [5.41, 5.74) is 1.06. The normalized spacial score (nSPS) is 18.6. The van der Waals surface area contributed by atoms with Crippen LogP contribution in [0.3, 0.4) is 0 Å². The lowest BCUT2D eigenvalue weighted by molar-refractivity contribution is -0.125. The Balaban J connectivity index is 1.91. The molecule has 1 heterocycles. The number of aryl methyl sites for hydroxylation is 1. The third-order valence-corrected chi connectivity index (χ3v) is 3.31. The largest absolute Gasteiger partial charge is 0.349 e. The summed E-state index contributed by atoms with van der Waals surface area (Å²) in [5, 5.41) is 7.17. The van der Waals surface area contributed by atoms with Crippen molar-refractivity contribution in [3.8, 4) is 0 Å². The Morgan fingerprint density at radius 1 is 1.56 bits per heavy atom. The molecule has 2 rings (SSSR count). The summed E-state index contributed by atoms with van der Waals surface area (Å²) in [5.74, 6) is 0.438. The summed E-state index contributed by atoms with van der Waals surface area (Å²) in [6.45, 7) is 2.00. The maximum Gasteiger partial charge on any atom is 0.223 e. The van der Waals surface area contributed by atoms with Crippen LogP contribution in [-0.4, -0.2) is 15.7 Å². The number of hydrogen-bond acceptors (Lipinski definition) is 2. The highest BCUT2D eigenvalue weighted by Crippen LogP contribution is 2.25. The number of nitrogens with one attached hydrogen (secondary N) is 1. The Morgan fingerprint density at radius 3 is 2.81 bits per heavy atom. The van der Waals surface area contributed by atoms with E-state index in [9.17, 15) is 4.79 Å². The fourth-order valence-electron chi connectivity index (χ4n) is 2.27. The summed E-state index contributed by atoms with van der Waals surface area (Å²) in [7, 11) is 1.88. The van der Waals surface area contributed by atoms with Gasteiger partial charge in [0.05, 0.1) is 12.2 Å². The van der Waals surface area contributed by atoms with Crippen molar-refractivity contribution >= 4 is 5.91 Å². The first-order chi connectivity index (χ1) is 7.66. The van der Waals surface area contributed by atoms with E-state index in [1.165, 1.54) is 12.8 Å². The molecule has 1 aliphatic rings. The number of carbonyl (C=O) groups excluding carboxylic acids is 1. The molecule has 4 heteroatoms. The summed E-state index contributed by atoms with van der Waals surface area (Å²) in [4.78, 5) is 11.9. The Bertz CT molecular complexity index is 366. The summed E-state index contributed by atoms with van der Waals surface area (Å²) in [6.07, 6.45) is 8.23. The van der Waals surface area contributed by atoms with Crippen molar-refractivity contribution in [3.05, 3.63) is 18.0 Å². The number of amides is 1. The van der Waals surface area contributed by atoms with Gasteiger partial charge in [-0.05, 0) is 19.8 Å². The number of aromatic nitrogens is 2. The molecule has 1 N–H and O–H groups in total. The summed E-state index contributed by atoms with van der Waals surface area (Å²) < 4.78 is 1.76. The molecule has 88 valence electrons. The van der Waals surface area contributed by atoms with Crippen molar-refractivity contribution < 1.29 is 4.79 Å². The first-order valence-corrected chi connectivity index (χ1v) is 5.95. The number of carbonyl (C=O) groups is 1. The van der Waals surface area contributed by atoms with Gasteiger partial charge < -0.3 is 5.32 Å². The monoisotopic (exact) mass is 221 g/mol. The summed E-state index contributed by atoms with van der Waals surface area (Å²) >= 11 is 0. The van der Waals surface area contributed by atoms with Gasteiger partial charge in [0.15, 0.2) is 0 Å². The van der Waals surface area contributed by atoms with Gasteiger partial charge in [-0.2, -0.15) is 5.10 Å². The smallest absolute Gasteiger partial charge is 0.223 e. The fraction of sp³-hybridized carbons (Fsp3) is 0.667. The van der Waals surface area contributed by atoms with Crippen LogP contribution in [0.4, 0.5) is 0 Å².